The van der Waals surface area contributed by atoms with Crippen LogP contribution in [0.1, 0.15) is 11.1 Å². The summed E-state index contributed by atoms with van der Waals surface area (Å²) >= 11 is 5.95. The maximum absolute atomic E-state index is 12.7. The molecular weight excluding hydrogens is 414 g/mol. The lowest BCUT2D eigenvalue weighted by Gasteiger charge is -2.36. The van der Waals surface area contributed by atoms with Gasteiger partial charge >= 0.3 is 0 Å². The molecule has 3 heterocycles. The zero-order valence-corrected chi connectivity index (χ0v) is 18.0. The van der Waals surface area contributed by atoms with Crippen molar-refractivity contribution in [3.63, 3.8) is 0 Å². The van der Waals surface area contributed by atoms with Crippen molar-refractivity contribution in [1.82, 2.24) is 29.9 Å². The fraction of sp³-hybridized carbons (Fsp3) is 0.273. The van der Waals surface area contributed by atoms with Gasteiger partial charge in [-0.3, -0.25) is 9.79 Å². The SMILES string of the molecule is CN=C(NCc1ccnc(-n2cccn2)c1)N1CCN(Cc2ccc(Cl)cc2)C(=O)C1. The Bertz CT molecular complexity index is 1050. The monoisotopic (exact) mass is 437 g/mol. The summed E-state index contributed by atoms with van der Waals surface area (Å²) in [6.45, 7) is 2.81. The third-order valence-electron chi connectivity index (χ3n) is 5.12. The Balaban J connectivity index is 1.33. The van der Waals surface area contributed by atoms with Crippen LogP contribution in [0.15, 0.2) is 66.0 Å². The first kappa shape index (κ1) is 20.9. The standard InChI is InChI=1S/C22H24ClN7O/c1-24-22(26-14-18-7-9-25-20(13-18)30-10-2-8-27-30)29-12-11-28(21(31)16-29)15-17-3-5-19(23)6-4-17/h2-10,13H,11-12,14-16H2,1H3,(H,24,26). The molecule has 4 rings (SSSR count). The van der Waals surface area contributed by atoms with E-state index in [0.717, 1.165) is 16.9 Å². The number of rotatable bonds is 5. The Labute approximate surface area is 186 Å². The van der Waals surface area contributed by atoms with Crippen molar-refractivity contribution in [1.29, 1.82) is 0 Å². The number of benzene rings is 1. The first-order valence-corrected chi connectivity index (χ1v) is 10.4. The summed E-state index contributed by atoms with van der Waals surface area (Å²) in [6.07, 6.45) is 5.33. The second-order valence-corrected chi connectivity index (χ2v) is 7.67. The van der Waals surface area contributed by atoms with E-state index in [-0.39, 0.29) is 5.91 Å². The van der Waals surface area contributed by atoms with Gasteiger partial charge in [0.25, 0.3) is 0 Å². The number of amides is 1. The summed E-state index contributed by atoms with van der Waals surface area (Å²) in [7, 11) is 1.73. The van der Waals surface area contributed by atoms with Gasteiger partial charge in [-0.05, 0) is 41.5 Å². The van der Waals surface area contributed by atoms with Gasteiger partial charge in [-0.25, -0.2) is 9.67 Å². The van der Waals surface area contributed by atoms with E-state index in [1.807, 2.05) is 58.5 Å². The molecule has 0 bridgehead atoms. The maximum atomic E-state index is 12.7. The number of halogens is 1. The van der Waals surface area contributed by atoms with Crippen LogP contribution in [0.3, 0.4) is 0 Å². The molecule has 160 valence electrons. The lowest BCUT2D eigenvalue weighted by Crippen LogP contribution is -2.54. The van der Waals surface area contributed by atoms with Crippen LogP contribution in [0.25, 0.3) is 5.82 Å². The van der Waals surface area contributed by atoms with E-state index < -0.39 is 0 Å². The molecule has 0 aliphatic carbocycles. The predicted octanol–water partition coefficient (Wildman–Crippen LogP) is 2.34. The van der Waals surface area contributed by atoms with Gasteiger partial charge in [0.15, 0.2) is 11.8 Å². The quantitative estimate of drug-likeness (QED) is 0.489. The van der Waals surface area contributed by atoms with E-state index in [4.69, 9.17) is 11.6 Å². The van der Waals surface area contributed by atoms with Gasteiger partial charge in [0.05, 0.1) is 6.54 Å². The van der Waals surface area contributed by atoms with Crippen LogP contribution in [-0.2, 0) is 17.9 Å². The Hall–Kier alpha value is -3.39. The smallest absolute Gasteiger partial charge is 0.242 e. The van der Waals surface area contributed by atoms with Crippen LogP contribution in [0.4, 0.5) is 0 Å². The largest absolute Gasteiger partial charge is 0.352 e. The Morgan fingerprint density at radius 1 is 1.16 bits per heavy atom. The second kappa shape index (κ2) is 9.61. The van der Waals surface area contributed by atoms with Crippen molar-refractivity contribution in [2.45, 2.75) is 13.1 Å². The molecule has 9 heteroatoms. The van der Waals surface area contributed by atoms with Crippen molar-refractivity contribution in [2.75, 3.05) is 26.7 Å². The van der Waals surface area contributed by atoms with E-state index in [9.17, 15) is 4.79 Å². The topological polar surface area (TPSA) is 78.7 Å². The second-order valence-electron chi connectivity index (χ2n) is 7.24. The van der Waals surface area contributed by atoms with Crippen molar-refractivity contribution >= 4 is 23.5 Å². The molecule has 1 aliphatic heterocycles. The number of aromatic nitrogens is 3. The van der Waals surface area contributed by atoms with Gasteiger partial charge in [-0.1, -0.05) is 23.7 Å². The first-order valence-electron chi connectivity index (χ1n) is 10.0. The molecule has 0 atom stereocenters. The fourth-order valence-electron chi connectivity index (χ4n) is 3.48. The summed E-state index contributed by atoms with van der Waals surface area (Å²) in [4.78, 5) is 25.3. The summed E-state index contributed by atoms with van der Waals surface area (Å²) < 4.78 is 1.72. The molecule has 1 aliphatic rings. The van der Waals surface area contributed by atoms with Crippen LogP contribution in [-0.4, -0.2) is 63.1 Å². The van der Waals surface area contributed by atoms with Gasteiger partial charge in [0, 0.05) is 56.8 Å². The average molecular weight is 438 g/mol. The van der Waals surface area contributed by atoms with E-state index in [0.29, 0.717) is 43.7 Å². The Kier molecular flexibility index (Phi) is 6.47. The number of guanidine groups is 1. The number of nitrogens with one attached hydrogen (secondary N) is 1. The molecule has 1 fully saturated rings. The predicted molar refractivity (Wildman–Crippen MR) is 120 cm³/mol. The highest BCUT2D eigenvalue weighted by Crippen LogP contribution is 2.14. The average Bonchev–Trinajstić information content (AvgIpc) is 3.33. The highest BCUT2D eigenvalue weighted by molar-refractivity contribution is 6.30. The number of aliphatic imine (C=N–C) groups is 1. The van der Waals surface area contributed by atoms with Gasteiger partial charge in [-0.15, -0.1) is 0 Å². The molecule has 1 N–H and O–H groups in total. The Morgan fingerprint density at radius 2 is 2.00 bits per heavy atom. The molecule has 3 aromatic rings. The number of carbonyl (C=O) groups is 1. The zero-order chi connectivity index (χ0) is 21.6. The third-order valence-corrected chi connectivity index (χ3v) is 5.37. The van der Waals surface area contributed by atoms with Crippen LogP contribution in [0.2, 0.25) is 5.02 Å². The molecule has 0 unspecified atom stereocenters. The van der Waals surface area contributed by atoms with Crippen molar-refractivity contribution in [2.24, 2.45) is 4.99 Å². The van der Waals surface area contributed by atoms with E-state index in [2.05, 4.69) is 20.4 Å². The molecule has 0 saturated carbocycles. The van der Waals surface area contributed by atoms with Crippen LogP contribution < -0.4 is 5.32 Å². The number of hydrogen-bond donors (Lipinski definition) is 1. The summed E-state index contributed by atoms with van der Waals surface area (Å²) in [6, 6.07) is 13.4. The molecule has 0 spiro atoms. The normalized spacial score (nSPS) is 14.8. The van der Waals surface area contributed by atoms with Crippen molar-refractivity contribution in [3.05, 3.63) is 77.2 Å². The molecule has 1 aromatic carbocycles. The highest BCUT2D eigenvalue weighted by Gasteiger charge is 2.25. The number of hydrogen-bond acceptors (Lipinski definition) is 4. The molecule has 2 aromatic heterocycles. The zero-order valence-electron chi connectivity index (χ0n) is 17.3. The van der Waals surface area contributed by atoms with Crippen LogP contribution in [0.5, 0.6) is 0 Å². The third kappa shape index (κ3) is 5.21. The van der Waals surface area contributed by atoms with E-state index >= 15 is 0 Å². The number of carbonyl (C=O) groups excluding carboxylic acids is 1. The Morgan fingerprint density at radius 3 is 2.71 bits per heavy atom. The molecule has 8 nitrogen and oxygen atoms in total. The minimum atomic E-state index is 0.0778. The highest BCUT2D eigenvalue weighted by atomic mass is 35.5. The van der Waals surface area contributed by atoms with Gasteiger partial charge in [-0.2, -0.15) is 5.10 Å². The van der Waals surface area contributed by atoms with Gasteiger partial charge < -0.3 is 15.1 Å². The molecule has 1 amide bonds. The number of pyridine rings is 1. The van der Waals surface area contributed by atoms with Gasteiger partial charge in [0.2, 0.25) is 5.91 Å². The molecule has 31 heavy (non-hydrogen) atoms. The van der Waals surface area contributed by atoms with Crippen molar-refractivity contribution in [3.8, 4) is 5.82 Å². The van der Waals surface area contributed by atoms with E-state index in [1.54, 1.807) is 24.1 Å². The summed E-state index contributed by atoms with van der Waals surface area (Å²) in [5, 5.41) is 8.26. The van der Waals surface area contributed by atoms with E-state index in [1.165, 1.54) is 0 Å². The molecule has 1 saturated heterocycles. The number of nitrogens with zero attached hydrogens (tertiary/aromatic N) is 6. The van der Waals surface area contributed by atoms with Crippen molar-refractivity contribution < 1.29 is 4.79 Å². The summed E-state index contributed by atoms with van der Waals surface area (Å²) in [5.74, 6) is 1.54. The lowest BCUT2D eigenvalue weighted by atomic mass is 10.2. The first-order chi connectivity index (χ1) is 15.1. The molecule has 0 radical (unpaired) electrons. The van der Waals surface area contributed by atoms with Crippen LogP contribution in [0, 0.1) is 0 Å². The fourth-order valence-corrected chi connectivity index (χ4v) is 3.61. The number of piperazine rings is 1. The summed E-state index contributed by atoms with van der Waals surface area (Å²) in [5.41, 5.74) is 2.12. The maximum Gasteiger partial charge on any atom is 0.242 e. The lowest BCUT2D eigenvalue weighted by molar-refractivity contribution is -0.135. The minimum absolute atomic E-state index is 0.0778. The molecular formula is C22H24ClN7O. The van der Waals surface area contributed by atoms with Gasteiger partial charge in [0.1, 0.15) is 0 Å². The van der Waals surface area contributed by atoms with Crippen LogP contribution >= 0.6 is 11.6 Å². The minimum Gasteiger partial charge on any atom is -0.352 e.